The van der Waals surface area contributed by atoms with E-state index in [9.17, 15) is 60.8 Å². The average Bonchev–Trinajstić information content (AvgIpc) is 0.792. The van der Waals surface area contributed by atoms with Crippen LogP contribution in [-0.2, 0) is 42.4 Å². The molecule has 0 aliphatic carbocycles. The molecule has 0 heterocycles. The first-order valence-corrected chi connectivity index (χ1v) is 36.4. The second-order valence-corrected chi connectivity index (χ2v) is 29.7. The van der Waals surface area contributed by atoms with Crippen LogP contribution in [0.2, 0.25) is 5.02 Å². The van der Waals surface area contributed by atoms with Crippen molar-refractivity contribution in [3.05, 3.63) is 303 Å². The molecule has 0 saturated heterocycles. The fourth-order valence-electron chi connectivity index (χ4n) is 11.4. The van der Waals surface area contributed by atoms with Gasteiger partial charge in [-0.1, -0.05) is 253 Å². The molecule has 0 fully saturated rings. The lowest BCUT2D eigenvalue weighted by Gasteiger charge is -2.21. The third-order valence-corrected chi connectivity index (χ3v) is 19.2. The van der Waals surface area contributed by atoms with Crippen LogP contribution in [0.15, 0.2) is 213 Å². The van der Waals surface area contributed by atoms with E-state index in [2.05, 4.69) is 70.7 Å². The van der Waals surface area contributed by atoms with Gasteiger partial charge in [0.2, 0.25) is 0 Å². The Morgan fingerprint density at radius 1 is 0.391 bits per heavy atom. The molecule has 0 spiro atoms. The van der Waals surface area contributed by atoms with Gasteiger partial charge < -0.3 is 25.2 Å². The normalized spacial score (nSPS) is 12.6. The maximum absolute atomic E-state index is 14.5. The zero-order valence-electron chi connectivity index (χ0n) is 65.0. The summed E-state index contributed by atoms with van der Waals surface area (Å²) in [6, 6.07) is 57.6. The first-order valence-electron chi connectivity index (χ1n) is 36.0. The summed E-state index contributed by atoms with van der Waals surface area (Å²) < 4.78 is 90.9. The van der Waals surface area contributed by atoms with Gasteiger partial charge in [-0.15, -0.1) is 0 Å². The Labute approximate surface area is 650 Å². The van der Waals surface area contributed by atoms with Crippen LogP contribution in [-0.4, -0.2) is 50.2 Å². The van der Waals surface area contributed by atoms with Gasteiger partial charge in [-0.2, -0.15) is 0 Å². The van der Waals surface area contributed by atoms with Crippen molar-refractivity contribution in [1.29, 1.82) is 0 Å². The summed E-state index contributed by atoms with van der Waals surface area (Å²) in [5, 5.41) is 40.0. The van der Waals surface area contributed by atoms with E-state index in [1.54, 1.807) is 66.7 Å². The molecule has 16 heteroatoms. The number of hydrogen-bond donors (Lipinski definition) is 4. The molecule has 0 aliphatic heterocycles. The molecule has 3 unspecified atom stereocenters. The number of aliphatic hydroxyl groups is 4. The van der Waals surface area contributed by atoms with Crippen LogP contribution in [0.1, 0.15) is 205 Å². The van der Waals surface area contributed by atoms with Crippen molar-refractivity contribution in [2.24, 2.45) is 0 Å². The van der Waals surface area contributed by atoms with E-state index < -0.39 is 57.5 Å². The third kappa shape index (κ3) is 24.0. The van der Waals surface area contributed by atoms with Crippen molar-refractivity contribution in [3.63, 3.8) is 0 Å². The Bertz CT molecular complexity index is 4810. The SMILES string of the molecule is C.C=C(O)COc1cc(F)c(-c2cccc(C(C)C)c2)c(F)c1.CC(=O)C(C)(O)c1cc(F)c(-c2cccc(C(C)C)c2)c(F)c1.CC(=O)C(C)(O)c1ccc(-c2cccc(C(C)C)c2)c(Cl)c1.CC(=O)C(C)(O)c1ccc(-c2cccc(C(C)C)c2)cc1.CC(=O)Cc1cc(F)c(-c2cccc(C(C)C)c2)c(F)c1. The summed E-state index contributed by atoms with van der Waals surface area (Å²) in [5.74, 6) is -4.04. The molecule has 0 radical (unpaired) electrons. The third-order valence-electron chi connectivity index (χ3n) is 18.9. The number of aliphatic hydroxyl groups excluding tert-OH is 1. The Kier molecular flexibility index (Phi) is 32.6. The highest BCUT2D eigenvalue weighted by Crippen LogP contribution is 2.38. The standard InChI is InChI=1S/C19H21ClO2.C19H20F2O2.C19H22O2.C18H18F2O2.C18H18F2O.CH4/c1-12(2)14-6-5-7-15(10-14)17-9-8-16(11-18(17)20)19(4,22)13(3)21;1-11(2)13-6-5-7-14(8-13)18-16(20)9-15(10-17(18)21)19(4,23)12(3)22;1-13(2)16-6-5-7-17(12-16)15-8-10-18(11-9-15)19(4,21)14(3)20;1-11(2)13-5-4-6-14(7-13)18-16(19)8-15(9-17(18)20)22-10-12(3)21;1-11(2)14-5-4-6-15(10-14)18-16(19)8-13(7-12(3)21)9-17(18)20;/h5-12,22H,1-4H3;5-11,23H,1-4H3;5-13,21H,1-4H3;4-9,11,21H,3,10H2,1-2H3;4-6,8-11H,7H2,1-3H3;1H4. The molecule has 10 aromatic rings. The van der Waals surface area contributed by atoms with Crippen LogP contribution < -0.4 is 4.74 Å². The Balaban J connectivity index is 0.000000246. The number of benzene rings is 10. The maximum Gasteiger partial charge on any atom is 0.165 e. The van der Waals surface area contributed by atoms with Crippen LogP contribution in [0.3, 0.4) is 0 Å². The summed E-state index contributed by atoms with van der Waals surface area (Å²) >= 11 is 6.38. The lowest BCUT2D eigenvalue weighted by Crippen LogP contribution is -2.30. The van der Waals surface area contributed by atoms with E-state index >= 15 is 0 Å². The van der Waals surface area contributed by atoms with Crippen LogP contribution in [0.5, 0.6) is 5.75 Å². The molecule has 10 rings (SSSR count). The molecule has 3 atom stereocenters. The van der Waals surface area contributed by atoms with E-state index in [1.165, 1.54) is 71.7 Å². The Morgan fingerprint density at radius 3 is 1.03 bits per heavy atom. The van der Waals surface area contributed by atoms with E-state index in [1.807, 2.05) is 102 Å². The average molecular weight is 1530 g/mol. The second-order valence-electron chi connectivity index (χ2n) is 29.3. The summed E-state index contributed by atoms with van der Waals surface area (Å²) in [5.41, 5.74) is 7.42. The number of halogens is 7. The smallest absolute Gasteiger partial charge is 0.165 e. The summed E-state index contributed by atoms with van der Waals surface area (Å²) in [7, 11) is 0. The fourth-order valence-corrected chi connectivity index (χ4v) is 11.7. The van der Waals surface area contributed by atoms with Crippen molar-refractivity contribution in [1.82, 2.24) is 0 Å². The molecule has 4 N–H and O–H groups in total. The van der Waals surface area contributed by atoms with Gasteiger partial charge in [0.25, 0.3) is 0 Å². The molecule has 0 aromatic heterocycles. The van der Waals surface area contributed by atoms with Gasteiger partial charge in [0.1, 0.15) is 75.6 Å². The zero-order chi connectivity index (χ0) is 81.3. The van der Waals surface area contributed by atoms with Gasteiger partial charge in [-0.3, -0.25) is 19.2 Å². The number of rotatable bonds is 21. The maximum atomic E-state index is 14.5. The van der Waals surface area contributed by atoms with Crippen molar-refractivity contribution in [2.45, 2.75) is 178 Å². The van der Waals surface area contributed by atoms with Crippen LogP contribution in [0.25, 0.3) is 55.6 Å². The quantitative estimate of drug-likeness (QED) is 0.0406. The van der Waals surface area contributed by atoms with Crippen LogP contribution in [0.4, 0.5) is 26.3 Å². The minimum Gasteiger partial charge on any atom is -0.509 e. The minimum absolute atomic E-state index is 0. The van der Waals surface area contributed by atoms with Gasteiger partial charge in [0, 0.05) is 29.1 Å². The van der Waals surface area contributed by atoms with E-state index in [-0.39, 0.29) is 89.3 Å². The second kappa shape index (κ2) is 39.6. The molecule has 0 aliphatic rings. The number of carbonyl (C=O) groups is 4. The number of hydrogen-bond acceptors (Lipinski definition) is 9. The molecule has 0 bridgehead atoms. The highest BCUT2D eigenvalue weighted by Gasteiger charge is 2.33. The first kappa shape index (κ1) is 90.6. The van der Waals surface area contributed by atoms with Gasteiger partial charge in [-0.05, 0) is 192 Å². The molecule has 582 valence electrons. The Hall–Kier alpha value is -10.0. The predicted molar refractivity (Wildman–Crippen MR) is 434 cm³/mol. The van der Waals surface area contributed by atoms with E-state index in [0.29, 0.717) is 50.2 Å². The lowest BCUT2D eigenvalue weighted by atomic mass is 9.89. The van der Waals surface area contributed by atoms with Crippen LogP contribution in [0, 0.1) is 34.9 Å². The summed E-state index contributed by atoms with van der Waals surface area (Å²) in [6.07, 6.45) is 0.0418. The summed E-state index contributed by atoms with van der Waals surface area (Å²) in [6.45, 7) is 33.4. The molecule has 9 nitrogen and oxygen atoms in total. The lowest BCUT2D eigenvalue weighted by molar-refractivity contribution is -0.134. The Morgan fingerprint density at radius 2 is 0.691 bits per heavy atom. The van der Waals surface area contributed by atoms with E-state index in [4.69, 9.17) is 21.4 Å². The topological polar surface area (TPSA) is 158 Å². The van der Waals surface area contributed by atoms with Crippen molar-refractivity contribution in [3.8, 4) is 61.4 Å². The molecule has 0 saturated carbocycles. The monoisotopic (exact) mass is 1520 g/mol. The van der Waals surface area contributed by atoms with E-state index in [0.717, 1.165) is 63.2 Å². The molecular weight excluding hydrogens is 1420 g/mol. The fraction of sp³-hybridized carbons (Fsp3) is 0.298. The number of ether oxygens (including phenoxy) is 1. The van der Waals surface area contributed by atoms with Crippen LogP contribution >= 0.6 is 11.6 Å². The number of carbonyl (C=O) groups excluding carboxylic acids is 4. The summed E-state index contributed by atoms with van der Waals surface area (Å²) in [4.78, 5) is 45.6. The highest BCUT2D eigenvalue weighted by molar-refractivity contribution is 6.33. The van der Waals surface area contributed by atoms with Crippen molar-refractivity contribution in [2.75, 3.05) is 6.61 Å². The predicted octanol–water partition coefficient (Wildman–Crippen LogP) is 24.5. The molecule has 0 amide bonds. The van der Waals surface area contributed by atoms with Gasteiger partial charge in [0.15, 0.2) is 17.3 Å². The highest BCUT2D eigenvalue weighted by atomic mass is 35.5. The van der Waals surface area contributed by atoms with Gasteiger partial charge in [0.05, 0.1) is 16.7 Å². The molecule has 110 heavy (non-hydrogen) atoms. The largest absolute Gasteiger partial charge is 0.509 e. The first-order chi connectivity index (χ1) is 51.0. The van der Waals surface area contributed by atoms with Gasteiger partial charge >= 0.3 is 0 Å². The molecule has 10 aromatic carbocycles. The van der Waals surface area contributed by atoms with Crippen molar-refractivity contribution < 1.29 is 70.7 Å². The molecular formula is C94H103ClF6O9. The number of Topliss-reactive ketones (excluding diaryl/α,β-unsaturated/α-hetero) is 4. The number of ketones is 4. The zero-order valence-corrected chi connectivity index (χ0v) is 65.8. The van der Waals surface area contributed by atoms with Crippen molar-refractivity contribution >= 4 is 34.7 Å². The minimum atomic E-state index is -1.92. The van der Waals surface area contributed by atoms with Gasteiger partial charge in [-0.25, -0.2) is 26.3 Å².